The third-order valence-corrected chi connectivity index (χ3v) is 8.66. The van der Waals surface area contributed by atoms with Crippen LogP contribution < -0.4 is 0 Å². The molecule has 5 heteroatoms. The zero-order chi connectivity index (χ0) is 10.5. The summed E-state index contributed by atoms with van der Waals surface area (Å²) in [7, 11) is 0.184. The van der Waals surface area contributed by atoms with Gasteiger partial charge in [-0.05, 0) is 31.7 Å². The molecule has 0 heterocycles. The Morgan fingerprint density at radius 3 is 1.85 bits per heavy atom. The van der Waals surface area contributed by atoms with Crippen molar-refractivity contribution in [1.82, 2.24) is 0 Å². The fraction of sp³-hybridized carbons (Fsp3) is 1.00. The van der Waals surface area contributed by atoms with Gasteiger partial charge in [0.15, 0.2) is 8.32 Å². The molecule has 80 valence electrons. The standard InChI is InChI=1S/C8H22O3Si2/c1-10-12(3,4)6-7-13(5,8-9)11-2/h9H,6-8H2,1-5H3. The Balaban J connectivity index is 3.99. The van der Waals surface area contributed by atoms with Gasteiger partial charge in [-0.2, -0.15) is 0 Å². The topological polar surface area (TPSA) is 38.7 Å². The number of hydrogen-bond acceptors (Lipinski definition) is 3. The van der Waals surface area contributed by atoms with Gasteiger partial charge in [-0.1, -0.05) is 0 Å². The van der Waals surface area contributed by atoms with Crippen molar-refractivity contribution >= 4 is 16.6 Å². The number of rotatable bonds is 6. The molecule has 0 fully saturated rings. The zero-order valence-electron chi connectivity index (χ0n) is 9.39. The minimum absolute atomic E-state index is 0.206. The minimum Gasteiger partial charge on any atom is -0.420 e. The van der Waals surface area contributed by atoms with Crippen LogP contribution in [0.15, 0.2) is 0 Å². The second-order valence-electron chi connectivity index (χ2n) is 4.28. The number of hydrogen-bond donors (Lipinski definition) is 1. The van der Waals surface area contributed by atoms with E-state index in [1.807, 2.05) is 0 Å². The van der Waals surface area contributed by atoms with Crippen LogP contribution in [0.3, 0.4) is 0 Å². The maximum Gasteiger partial charge on any atom is 0.213 e. The quantitative estimate of drug-likeness (QED) is 0.694. The summed E-state index contributed by atoms with van der Waals surface area (Å²) >= 11 is 0. The molecule has 1 N–H and O–H groups in total. The molecule has 0 rings (SSSR count). The maximum absolute atomic E-state index is 9.17. The van der Waals surface area contributed by atoms with Crippen LogP contribution in [0, 0.1) is 0 Å². The Kier molecular flexibility index (Phi) is 5.38. The first-order valence-corrected chi connectivity index (χ1v) is 10.5. The molecule has 0 bridgehead atoms. The highest BCUT2D eigenvalue weighted by atomic mass is 28.4. The normalized spacial score (nSPS) is 17.1. The molecule has 0 aliphatic rings. The SMILES string of the molecule is CO[Si](C)(C)CC[Si](C)(CO)OC. The first kappa shape index (κ1) is 13.3. The molecule has 1 atom stereocenters. The Morgan fingerprint density at radius 2 is 1.54 bits per heavy atom. The second kappa shape index (κ2) is 5.26. The van der Waals surface area contributed by atoms with Crippen LogP contribution in [-0.4, -0.2) is 42.2 Å². The lowest BCUT2D eigenvalue weighted by Crippen LogP contribution is -2.41. The molecule has 0 amide bonds. The third kappa shape index (κ3) is 4.92. The third-order valence-electron chi connectivity index (χ3n) is 2.64. The van der Waals surface area contributed by atoms with Crippen molar-refractivity contribution in [3.63, 3.8) is 0 Å². The molecule has 0 aliphatic heterocycles. The van der Waals surface area contributed by atoms with Crippen LogP contribution in [-0.2, 0) is 8.85 Å². The Morgan fingerprint density at radius 1 is 1.00 bits per heavy atom. The fourth-order valence-corrected chi connectivity index (χ4v) is 6.13. The highest BCUT2D eigenvalue weighted by Gasteiger charge is 2.31. The van der Waals surface area contributed by atoms with Crippen LogP contribution in [0.1, 0.15) is 0 Å². The van der Waals surface area contributed by atoms with Crippen molar-refractivity contribution < 1.29 is 14.0 Å². The van der Waals surface area contributed by atoms with Gasteiger partial charge < -0.3 is 14.0 Å². The molecule has 13 heavy (non-hydrogen) atoms. The second-order valence-corrected chi connectivity index (χ2v) is 12.8. The van der Waals surface area contributed by atoms with Crippen LogP contribution >= 0.6 is 0 Å². The zero-order valence-corrected chi connectivity index (χ0v) is 11.4. The Bertz CT molecular complexity index is 146. The van der Waals surface area contributed by atoms with Gasteiger partial charge in [0.2, 0.25) is 8.32 Å². The van der Waals surface area contributed by atoms with Crippen molar-refractivity contribution in [1.29, 1.82) is 0 Å². The summed E-state index contributed by atoms with van der Waals surface area (Å²) in [5.41, 5.74) is 0. The van der Waals surface area contributed by atoms with Gasteiger partial charge in [0.05, 0.1) is 6.23 Å². The van der Waals surface area contributed by atoms with Gasteiger partial charge >= 0.3 is 0 Å². The largest absolute Gasteiger partial charge is 0.420 e. The molecule has 0 spiro atoms. The van der Waals surface area contributed by atoms with E-state index in [1.165, 1.54) is 0 Å². The summed E-state index contributed by atoms with van der Waals surface area (Å²) in [5.74, 6) is 0. The molecule has 1 unspecified atom stereocenters. The lowest BCUT2D eigenvalue weighted by atomic mass is 10.9. The van der Waals surface area contributed by atoms with E-state index in [-0.39, 0.29) is 6.23 Å². The molecular formula is C8H22O3Si2. The van der Waals surface area contributed by atoms with Crippen molar-refractivity contribution in [3.8, 4) is 0 Å². The summed E-state index contributed by atoms with van der Waals surface area (Å²) in [6.07, 6.45) is 0.206. The summed E-state index contributed by atoms with van der Waals surface area (Å²) in [6, 6.07) is 2.06. The van der Waals surface area contributed by atoms with Crippen LogP contribution in [0.2, 0.25) is 31.7 Å². The van der Waals surface area contributed by atoms with Gasteiger partial charge in [0.25, 0.3) is 0 Å². The summed E-state index contributed by atoms with van der Waals surface area (Å²) in [5, 5.41) is 9.17. The Hall–Kier alpha value is 0.314. The van der Waals surface area contributed by atoms with Crippen LogP contribution in [0.4, 0.5) is 0 Å². The van der Waals surface area contributed by atoms with Crippen molar-refractivity contribution in [2.24, 2.45) is 0 Å². The molecule has 0 saturated carbocycles. The predicted octanol–water partition coefficient (Wildman–Crippen LogP) is 1.59. The smallest absolute Gasteiger partial charge is 0.213 e. The van der Waals surface area contributed by atoms with E-state index in [2.05, 4.69) is 19.6 Å². The van der Waals surface area contributed by atoms with E-state index in [4.69, 9.17) is 14.0 Å². The number of aliphatic hydroxyl groups excluding tert-OH is 1. The molecule has 0 aromatic heterocycles. The first-order valence-electron chi connectivity index (χ1n) is 4.60. The molecule has 0 aliphatic carbocycles. The molecule has 0 radical (unpaired) electrons. The lowest BCUT2D eigenvalue weighted by molar-refractivity contribution is 0.301. The average molecular weight is 222 g/mol. The van der Waals surface area contributed by atoms with Crippen LogP contribution in [0.25, 0.3) is 0 Å². The fourth-order valence-electron chi connectivity index (χ4n) is 0.913. The van der Waals surface area contributed by atoms with E-state index in [1.54, 1.807) is 14.2 Å². The average Bonchev–Trinajstić information content (AvgIpc) is 2.14. The molecular weight excluding hydrogens is 200 g/mol. The highest BCUT2D eigenvalue weighted by Crippen LogP contribution is 2.20. The van der Waals surface area contributed by atoms with E-state index in [0.717, 1.165) is 12.1 Å². The highest BCUT2D eigenvalue weighted by molar-refractivity contribution is 6.77. The van der Waals surface area contributed by atoms with Gasteiger partial charge in [-0.25, -0.2) is 0 Å². The van der Waals surface area contributed by atoms with Gasteiger partial charge in [-0.3, -0.25) is 0 Å². The van der Waals surface area contributed by atoms with E-state index < -0.39 is 16.6 Å². The Labute approximate surface area is 83.3 Å². The van der Waals surface area contributed by atoms with Crippen molar-refractivity contribution in [2.75, 3.05) is 20.4 Å². The molecule has 0 aromatic rings. The van der Waals surface area contributed by atoms with Gasteiger partial charge in [0.1, 0.15) is 0 Å². The van der Waals surface area contributed by atoms with Gasteiger partial charge in [0, 0.05) is 14.2 Å². The van der Waals surface area contributed by atoms with E-state index in [0.29, 0.717) is 0 Å². The lowest BCUT2D eigenvalue weighted by Gasteiger charge is -2.27. The summed E-state index contributed by atoms with van der Waals surface area (Å²) < 4.78 is 10.8. The molecule has 3 nitrogen and oxygen atoms in total. The van der Waals surface area contributed by atoms with Crippen LogP contribution in [0.5, 0.6) is 0 Å². The number of aliphatic hydroxyl groups is 1. The van der Waals surface area contributed by atoms with E-state index in [9.17, 15) is 0 Å². The predicted molar refractivity (Wildman–Crippen MR) is 59.8 cm³/mol. The summed E-state index contributed by atoms with van der Waals surface area (Å²) in [4.78, 5) is 0. The monoisotopic (exact) mass is 222 g/mol. The van der Waals surface area contributed by atoms with Crippen molar-refractivity contribution in [3.05, 3.63) is 0 Å². The molecule has 0 saturated heterocycles. The van der Waals surface area contributed by atoms with Crippen molar-refractivity contribution in [2.45, 2.75) is 31.7 Å². The first-order chi connectivity index (χ1) is 5.89. The summed E-state index contributed by atoms with van der Waals surface area (Å²) in [6.45, 7) is 6.44. The maximum atomic E-state index is 9.17. The van der Waals surface area contributed by atoms with E-state index >= 15 is 0 Å². The van der Waals surface area contributed by atoms with Gasteiger partial charge in [-0.15, -0.1) is 0 Å². The minimum atomic E-state index is -1.81. The molecule has 0 aromatic carbocycles.